The summed E-state index contributed by atoms with van der Waals surface area (Å²) in [6, 6.07) is 10.0. The third-order valence-corrected chi connectivity index (χ3v) is 3.04. The van der Waals surface area contributed by atoms with Crippen molar-refractivity contribution in [3.05, 3.63) is 57.8 Å². The first kappa shape index (κ1) is 12.4. The number of hydrogen-bond acceptors (Lipinski definition) is 1. The number of rotatable bonds is 2. The molecule has 2 aromatic carbocycles. The molecular formula is C13H10Cl2FN. The van der Waals surface area contributed by atoms with E-state index in [0.29, 0.717) is 11.6 Å². The summed E-state index contributed by atoms with van der Waals surface area (Å²) in [5.74, 6) is -0.432. The molecule has 0 radical (unpaired) electrons. The second-order valence-corrected chi connectivity index (χ2v) is 4.48. The van der Waals surface area contributed by atoms with Crippen molar-refractivity contribution in [3.8, 4) is 11.1 Å². The molecule has 88 valence electrons. The summed E-state index contributed by atoms with van der Waals surface area (Å²) in [4.78, 5) is 0. The molecule has 0 aliphatic heterocycles. The summed E-state index contributed by atoms with van der Waals surface area (Å²) in [6.45, 7) is 0.366. The zero-order valence-electron chi connectivity index (χ0n) is 8.88. The fourth-order valence-corrected chi connectivity index (χ4v) is 2.05. The van der Waals surface area contributed by atoms with E-state index in [1.807, 2.05) is 6.07 Å². The summed E-state index contributed by atoms with van der Waals surface area (Å²) in [5, 5.41) is 0.725. The van der Waals surface area contributed by atoms with E-state index in [4.69, 9.17) is 28.9 Å². The standard InChI is InChI=1S/C13H10Cl2FN/c14-10-2-3-11(9(5-10)7-17)8-1-4-13(16)12(15)6-8/h1-6H,7,17H2. The van der Waals surface area contributed by atoms with Crippen molar-refractivity contribution in [2.75, 3.05) is 0 Å². The van der Waals surface area contributed by atoms with Crippen LogP contribution in [0.1, 0.15) is 5.56 Å². The van der Waals surface area contributed by atoms with Crippen LogP contribution < -0.4 is 5.73 Å². The molecule has 0 saturated carbocycles. The summed E-state index contributed by atoms with van der Waals surface area (Å²) in [6.07, 6.45) is 0. The van der Waals surface area contributed by atoms with Gasteiger partial charge < -0.3 is 5.73 Å². The average molecular weight is 270 g/mol. The molecule has 1 nitrogen and oxygen atoms in total. The number of halogens is 3. The Hall–Kier alpha value is -1.09. The van der Waals surface area contributed by atoms with Crippen molar-refractivity contribution in [2.45, 2.75) is 6.54 Å². The highest BCUT2D eigenvalue weighted by molar-refractivity contribution is 6.31. The fraction of sp³-hybridized carbons (Fsp3) is 0.0769. The maximum atomic E-state index is 13.1. The Labute approximate surface area is 109 Å². The van der Waals surface area contributed by atoms with E-state index in [1.165, 1.54) is 6.07 Å². The topological polar surface area (TPSA) is 26.0 Å². The third-order valence-electron chi connectivity index (χ3n) is 2.52. The lowest BCUT2D eigenvalue weighted by molar-refractivity contribution is 0.628. The van der Waals surface area contributed by atoms with Gasteiger partial charge in [-0.1, -0.05) is 35.3 Å². The first-order chi connectivity index (χ1) is 8.11. The Morgan fingerprint density at radius 3 is 2.47 bits per heavy atom. The zero-order chi connectivity index (χ0) is 12.4. The molecule has 0 aliphatic rings. The van der Waals surface area contributed by atoms with Gasteiger partial charge in [-0.3, -0.25) is 0 Å². The Bertz CT molecular complexity index is 555. The van der Waals surface area contributed by atoms with Crippen LogP contribution in [-0.2, 0) is 6.54 Å². The van der Waals surface area contributed by atoms with Crippen LogP contribution in [-0.4, -0.2) is 0 Å². The van der Waals surface area contributed by atoms with Crippen molar-refractivity contribution >= 4 is 23.2 Å². The van der Waals surface area contributed by atoms with Crippen LogP contribution in [0.4, 0.5) is 4.39 Å². The van der Waals surface area contributed by atoms with E-state index in [-0.39, 0.29) is 5.02 Å². The van der Waals surface area contributed by atoms with Crippen molar-refractivity contribution < 1.29 is 4.39 Å². The quantitative estimate of drug-likeness (QED) is 0.866. The number of benzene rings is 2. The van der Waals surface area contributed by atoms with Crippen molar-refractivity contribution in [2.24, 2.45) is 5.73 Å². The molecule has 0 aromatic heterocycles. The molecule has 0 saturated heterocycles. The highest BCUT2D eigenvalue weighted by Gasteiger charge is 2.07. The molecular weight excluding hydrogens is 260 g/mol. The summed E-state index contributed by atoms with van der Waals surface area (Å²) in [7, 11) is 0. The molecule has 0 amide bonds. The molecule has 2 rings (SSSR count). The zero-order valence-corrected chi connectivity index (χ0v) is 10.4. The predicted molar refractivity (Wildman–Crippen MR) is 69.7 cm³/mol. The van der Waals surface area contributed by atoms with E-state index < -0.39 is 5.82 Å². The second kappa shape index (κ2) is 5.05. The normalized spacial score (nSPS) is 10.6. The van der Waals surface area contributed by atoms with Crippen LogP contribution >= 0.6 is 23.2 Å². The van der Waals surface area contributed by atoms with Gasteiger partial charge in [0.15, 0.2) is 0 Å². The third kappa shape index (κ3) is 2.60. The van der Waals surface area contributed by atoms with Crippen LogP contribution in [0.25, 0.3) is 11.1 Å². The minimum Gasteiger partial charge on any atom is -0.326 e. The summed E-state index contributed by atoms with van der Waals surface area (Å²) in [5.41, 5.74) is 8.30. The van der Waals surface area contributed by atoms with Crippen LogP contribution in [0.15, 0.2) is 36.4 Å². The molecule has 0 aliphatic carbocycles. The van der Waals surface area contributed by atoms with Gasteiger partial charge >= 0.3 is 0 Å². The molecule has 0 heterocycles. The van der Waals surface area contributed by atoms with Gasteiger partial charge in [0.1, 0.15) is 5.82 Å². The lowest BCUT2D eigenvalue weighted by Gasteiger charge is -2.09. The van der Waals surface area contributed by atoms with Gasteiger partial charge in [0, 0.05) is 11.6 Å². The predicted octanol–water partition coefficient (Wildman–Crippen LogP) is 4.26. The first-order valence-corrected chi connectivity index (χ1v) is 5.81. The molecule has 0 bridgehead atoms. The second-order valence-electron chi connectivity index (χ2n) is 3.63. The first-order valence-electron chi connectivity index (χ1n) is 5.05. The molecule has 0 spiro atoms. The van der Waals surface area contributed by atoms with Gasteiger partial charge in [0.05, 0.1) is 5.02 Å². The fourth-order valence-electron chi connectivity index (χ4n) is 1.68. The summed E-state index contributed by atoms with van der Waals surface area (Å²) >= 11 is 11.7. The Morgan fingerprint density at radius 2 is 1.82 bits per heavy atom. The van der Waals surface area contributed by atoms with Gasteiger partial charge in [-0.25, -0.2) is 4.39 Å². The van der Waals surface area contributed by atoms with Gasteiger partial charge in [-0.15, -0.1) is 0 Å². The smallest absolute Gasteiger partial charge is 0.141 e. The number of nitrogens with two attached hydrogens (primary N) is 1. The molecule has 2 aromatic rings. The molecule has 17 heavy (non-hydrogen) atoms. The lowest BCUT2D eigenvalue weighted by Crippen LogP contribution is -1.99. The SMILES string of the molecule is NCc1cc(Cl)ccc1-c1ccc(F)c(Cl)c1. The van der Waals surface area contributed by atoms with Gasteiger partial charge in [0.2, 0.25) is 0 Å². The van der Waals surface area contributed by atoms with Crippen LogP contribution in [0, 0.1) is 5.82 Å². The Morgan fingerprint density at radius 1 is 1.06 bits per heavy atom. The van der Waals surface area contributed by atoms with Crippen LogP contribution in [0.5, 0.6) is 0 Å². The van der Waals surface area contributed by atoms with Gasteiger partial charge in [-0.05, 0) is 41.0 Å². The molecule has 4 heteroatoms. The maximum absolute atomic E-state index is 13.1. The molecule has 0 unspecified atom stereocenters. The monoisotopic (exact) mass is 269 g/mol. The van der Waals surface area contributed by atoms with E-state index >= 15 is 0 Å². The van der Waals surface area contributed by atoms with Crippen molar-refractivity contribution in [3.63, 3.8) is 0 Å². The minimum atomic E-state index is -0.432. The molecule has 2 N–H and O–H groups in total. The van der Waals surface area contributed by atoms with Crippen LogP contribution in [0.3, 0.4) is 0 Å². The lowest BCUT2D eigenvalue weighted by atomic mass is 10.00. The van der Waals surface area contributed by atoms with E-state index in [0.717, 1.165) is 16.7 Å². The van der Waals surface area contributed by atoms with Crippen LogP contribution in [0.2, 0.25) is 10.0 Å². The minimum absolute atomic E-state index is 0.0976. The highest BCUT2D eigenvalue weighted by atomic mass is 35.5. The molecule has 0 fully saturated rings. The Balaban J connectivity index is 2.55. The summed E-state index contributed by atoms with van der Waals surface area (Å²) < 4.78 is 13.1. The van der Waals surface area contributed by atoms with Gasteiger partial charge in [-0.2, -0.15) is 0 Å². The van der Waals surface area contributed by atoms with Gasteiger partial charge in [0.25, 0.3) is 0 Å². The largest absolute Gasteiger partial charge is 0.326 e. The average Bonchev–Trinajstić information content (AvgIpc) is 2.32. The Kier molecular flexibility index (Phi) is 3.67. The van der Waals surface area contributed by atoms with E-state index in [1.54, 1.807) is 24.3 Å². The highest BCUT2D eigenvalue weighted by Crippen LogP contribution is 2.29. The maximum Gasteiger partial charge on any atom is 0.141 e. The van der Waals surface area contributed by atoms with Crippen molar-refractivity contribution in [1.29, 1.82) is 0 Å². The van der Waals surface area contributed by atoms with E-state index in [9.17, 15) is 4.39 Å². The van der Waals surface area contributed by atoms with Crippen molar-refractivity contribution in [1.82, 2.24) is 0 Å². The number of hydrogen-bond donors (Lipinski definition) is 1. The van der Waals surface area contributed by atoms with E-state index in [2.05, 4.69) is 0 Å². The molecule has 0 atom stereocenters.